The zero-order valence-electron chi connectivity index (χ0n) is 20.8. The van der Waals surface area contributed by atoms with Gasteiger partial charge in [-0.25, -0.2) is 4.79 Å². The number of esters is 1. The van der Waals surface area contributed by atoms with Crippen molar-refractivity contribution in [2.24, 2.45) is 5.92 Å². The summed E-state index contributed by atoms with van der Waals surface area (Å²) in [6, 6.07) is 0.970. The summed E-state index contributed by atoms with van der Waals surface area (Å²) in [6.07, 6.45) is 11.9. The van der Waals surface area contributed by atoms with Crippen LogP contribution in [0.1, 0.15) is 64.2 Å². The number of hydrogen-bond acceptors (Lipinski definition) is 7. The summed E-state index contributed by atoms with van der Waals surface area (Å²) in [5, 5.41) is 0. The number of rotatable bonds is 8. The molecule has 0 N–H and O–H groups in total. The molecule has 8 heteroatoms. The van der Waals surface area contributed by atoms with E-state index in [1.165, 1.54) is 71.6 Å². The van der Waals surface area contributed by atoms with Gasteiger partial charge in [-0.2, -0.15) is 0 Å². The largest absolute Gasteiger partial charge is 0.469 e. The number of nitrogens with zero attached hydrogens (tertiary/aromatic N) is 4. The molecule has 2 atom stereocenters. The van der Waals surface area contributed by atoms with E-state index in [1.807, 2.05) is 11.9 Å². The number of ether oxygens (including phenoxy) is 2. The SMILES string of the molecule is COC(=O)CCN1CCN(C2OC(=O)N(C)C2CCC2CCN(C3CCCCC3)CC2)CC1. The Morgan fingerprint density at radius 1 is 0.939 bits per heavy atom. The van der Waals surface area contributed by atoms with Gasteiger partial charge in [0.25, 0.3) is 0 Å². The number of carbonyl (C=O) groups excluding carboxylic acids is 2. The number of piperazine rings is 1. The van der Waals surface area contributed by atoms with Gasteiger partial charge in [-0.1, -0.05) is 19.3 Å². The third kappa shape index (κ3) is 6.40. The van der Waals surface area contributed by atoms with Crippen LogP contribution in [0.2, 0.25) is 0 Å². The monoisotopic (exact) mass is 464 g/mol. The summed E-state index contributed by atoms with van der Waals surface area (Å²) in [4.78, 5) is 33.0. The molecule has 1 aliphatic carbocycles. The Bertz CT molecular complexity index is 640. The highest BCUT2D eigenvalue weighted by Crippen LogP contribution is 2.32. The summed E-state index contributed by atoms with van der Waals surface area (Å²) < 4.78 is 10.6. The van der Waals surface area contributed by atoms with Crippen molar-refractivity contribution in [3.63, 3.8) is 0 Å². The van der Waals surface area contributed by atoms with E-state index in [-0.39, 0.29) is 24.3 Å². The standard InChI is InChI=1S/C25H44N4O4/c1-26-22(9-8-20-10-14-28(15-11-20)21-6-4-3-5-7-21)24(33-25(26)31)29-18-16-27(17-19-29)13-12-23(30)32-2/h20-22,24H,3-19H2,1-2H3. The third-order valence-corrected chi connectivity index (χ3v) is 8.57. The van der Waals surface area contributed by atoms with Crippen LogP contribution in [-0.4, -0.2) is 110 Å². The van der Waals surface area contributed by atoms with Crippen LogP contribution in [0.4, 0.5) is 4.79 Å². The molecular weight excluding hydrogens is 420 g/mol. The zero-order chi connectivity index (χ0) is 23.2. The fourth-order valence-electron chi connectivity index (χ4n) is 6.30. The van der Waals surface area contributed by atoms with Gasteiger partial charge in [0.2, 0.25) is 0 Å². The smallest absolute Gasteiger partial charge is 0.411 e. The molecule has 1 amide bonds. The molecule has 8 nitrogen and oxygen atoms in total. The van der Waals surface area contributed by atoms with E-state index >= 15 is 0 Å². The average Bonchev–Trinajstić information content (AvgIpc) is 3.15. The number of methoxy groups -OCH3 is 1. The Balaban J connectivity index is 1.21. The molecule has 0 aromatic carbocycles. The van der Waals surface area contributed by atoms with Crippen LogP contribution in [0.15, 0.2) is 0 Å². The molecule has 3 saturated heterocycles. The number of carbonyl (C=O) groups is 2. The fourth-order valence-corrected chi connectivity index (χ4v) is 6.30. The lowest BCUT2D eigenvalue weighted by molar-refractivity contribution is -0.141. The molecule has 0 bridgehead atoms. The van der Waals surface area contributed by atoms with Crippen molar-refractivity contribution in [3.05, 3.63) is 0 Å². The zero-order valence-corrected chi connectivity index (χ0v) is 20.8. The average molecular weight is 465 g/mol. The third-order valence-electron chi connectivity index (χ3n) is 8.57. The van der Waals surface area contributed by atoms with Gasteiger partial charge in [0.1, 0.15) is 0 Å². The summed E-state index contributed by atoms with van der Waals surface area (Å²) >= 11 is 0. The minimum atomic E-state index is -0.190. The van der Waals surface area contributed by atoms with E-state index in [0.29, 0.717) is 6.42 Å². The quantitative estimate of drug-likeness (QED) is 0.512. The van der Waals surface area contributed by atoms with Crippen LogP contribution >= 0.6 is 0 Å². The Labute approximate surface area is 199 Å². The number of likely N-dealkylation sites (N-methyl/N-ethyl adjacent to an activating group) is 1. The van der Waals surface area contributed by atoms with Gasteiger partial charge in [0, 0.05) is 45.8 Å². The van der Waals surface area contributed by atoms with Crippen molar-refractivity contribution < 1.29 is 19.1 Å². The van der Waals surface area contributed by atoms with Crippen molar-refractivity contribution in [1.29, 1.82) is 0 Å². The molecule has 0 aromatic heterocycles. The number of cyclic esters (lactones) is 1. The van der Waals surface area contributed by atoms with E-state index in [0.717, 1.165) is 51.1 Å². The van der Waals surface area contributed by atoms with Gasteiger partial charge >= 0.3 is 12.1 Å². The molecule has 4 rings (SSSR count). The van der Waals surface area contributed by atoms with Gasteiger partial charge in [-0.15, -0.1) is 0 Å². The second kappa shape index (κ2) is 11.8. The summed E-state index contributed by atoms with van der Waals surface area (Å²) in [6.45, 7) is 6.74. The Morgan fingerprint density at radius 3 is 2.30 bits per heavy atom. The molecule has 4 aliphatic rings. The maximum atomic E-state index is 12.4. The summed E-state index contributed by atoms with van der Waals surface area (Å²) in [7, 11) is 3.33. The highest BCUT2D eigenvalue weighted by Gasteiger charge is 2.43. The molecule has 3 aliphatic heterocycles. The highest BCUT2D eigenvalue weighted by molar-refractivity contribution is 5.70. The van der Waals surface area contributed by atoms with Crippen molar-refractivity contribution in [2.45, 2.75) is 82.5 Å². The van der Waals surface area contributed by atoms with E-state index in [9.17, 15) is 9.59 Å². The Morgan fingerprint density at radius 2 is 1.64 bits per heavy atom. The van der Waals surface area contributed by atoms with Crippen LogP contribution in [0.3, 0.4) is 0 Å². The van der Waals surface area contributed by atoms with Crippen LogP contribution in [0.25, 0.3) is 0 Å². The first-order chi connectivity index (χ1) is 16.0. The molecule has 1 saturated carbocycles. The number of amides is 1. The van der Waals surface area contributed by atoms with E-state index in [1.54, 1.807) is 0 Å². The van der Waals surface area contributed by atoms with Crippen LogP contribution in [0.5, 0.6) is 0 Å². The van der Waals surface area contributed by atoms with Crippen molar-refractivity contribution in [1.82, 2.24) is 19.6 Å². The predicted molar refractivity (Wildman–Crippen MR) is 127 cm³/mol. The number of piperidine rings is 1. The molecular formula is C25H44N4O4. The van der Waals surface area contributed by atoms with E-state index in [2.05, 4.69) is 14.7 Å². The van der Waals surface area contributed by atoms with Crippen molar-refractivity contribution in [3.8, 4) is 0 Å². The molecule has 188 valence electrons. The molecule has 3 heterocycles. The van der Waals surface area contributed by atoms with Crippen molar-refractivity contribution in [2.75, 3.05) is 60.0 Å². The Kier molecular flexibility index (Phi) is 8.88. The summed E-state index contributed by atoms with van der Waals surface area (Å²) in [5.41, 5.74) is 0. The fraction of sp³-hybridized carbons (Fsp3) is 0.920. The van der Waals surface area contributed by atoms with Crippen LogP contribution in [-0.2, 0) is 14.3 Å². The molecule has 0 radical (unpaired) electrons. The molecule has 0 aromatic rings. The van der Waals surface area contributed by atoms with E-state index in [4.69, 9.17) is 9.47 Å². The predicted octanol–water partition coefficient (Wildman–Crippen LogP) is 2.77. The van der Waals surface area contributed by atoms with Crippen molar-refractivity contribution >= 4 is 12.1 Å². The number of likely N-dealkylation sites (tertiary alicyclic amines) is 1. The topological polar surface area (TPSA) is 65.6 Å². The molecule has 33 heavy (non-hydrogen) atoms. The lowest BCUT2D eigenvalue weighted by Gasteiger charge is -2.40. The lowest BCUT2D eigenvalue weighted by Crippen LogP contribution is -2.54. The van der Waals surface area contributed by atoms with Crippen LogP contribution < -0.4 is 0 Å². The maximum absolute atomic E-state index is 12.4. The highest BCUT2D eigenvalue weighted by atomic mass is 16.6. The van der Waals surface area contributed by atoms with E-state index < -0.39 is 0 Å². The van der Waals surface area contributed by atoms with Gasteiger partial charge in [-0.3, -0.25) is 9.69 Å². The second-order valence-electron chi connectivity index (χ2n) is 10.5. The first-order valence-corrected chi connectivity index (χ1v) is 13.3. The number of hydrogen-bond donors (Lipinski definition) is 0. The minimum Gasteiger partial charge on any atom is -0.469 e. The van der Waals surface area contributed by atoms with Gasteiger partial charge in [0.15, 0.2) is 6.23 Å². The molecule has 2 unspecified atom stereocenters. The minimum absolute atomic E-state index is 0.135. The molecule has 0 spiro atoms. The first-order valence-electron chi connectivity index (χ1n) is 13.3. The van der Waals surface area contributed by atoms with Gasteiger partial charge in [0.05, 0.1) is 19.6 Å². The van der Waals surface area contributed by atoms with Gasteiger partial charge < -0.3 is 24.2 Å². The first kappa shape index (κ1) is 24.7. The lowest BCUT2D eigenvalue weighted by atomic mass is 9.87. The molecule has 4 fully saturated rings. The summed E-state index contributed by atoms with van der Waals surface area (Å²) in [5.74, 6) is 0.609. The normalized spacial score (nSPS) is 29.4. The van der Waals surface area contributed by atoms with Crippen LogP contribution in [0, 0.1) is 5.92 Å². The maximum Gasteiger partial charge on any atom is 0.411 e. The van der Waals surface area contributed by atoms with Gasteiger partial charge in [-0.05, 0) is 57.5 Å². The Hall–Kier alpha value is -1.38. The second-order valence-corrected chi connectivity index (χ2v) is 10.5.